The summed E-state index contributed by atoms with van der Waals surface area (Å²) >= 11 is 3.56. The highest BCUT2D eigenvalue weighted by Crippen LogP contribution is 2.26. The molecule has 0 saturated heterocycles. The molecule has 3 aromatic rings. The normalized spacial score (nSPS) is 10.3. The molecule has 0 atom stereocenters. The van der Waals surface area contributed by atoms with Crippen molar-refractivity contribution in [2.24, 2.45) is 0 Å². The van der Waals surface area contributed by atoms with Crippen LogP contribution in [0.15, 0.2) is 65.4 Å². The molecule has 110 valence electrons. The number of halogens is 1. The molecule has 0 saturated carbocycles. The first-order chi connectivity index (χ1) is 10.7. The Kier molecular flexibility index (Phi) is 4.34. The van der Waals surface area contributed by atoms with E-state index < -0.39 is 0 Å². The second-order valence-electron chi connectivity index (χ2n) is 4.89. The molecule has 0 aliphatic heterocycles. The minimum atomic E-state index is 0.734. The lowest BCUT2D eigenvalue weighted by Crippen LogP contribution is -1.99. The van der Waals surface area contributed by atoms with Crippen LogP contribution in [-0.4, -0.2) is 9.97 Å². The maximum atomic E-state index is 4.26. The van der Waals surface area contributed by atoms with E-state index in [-0.39, 0.29) is 0 Å². The summed E-state index contributed by atoms with van der Waals surface area (Å²) in [6.07, 6.45) is 1.54. The van der Waals surface area contributed by atoms with Gasteiger partial charge in [0.1, 0.15) is 18.0 Å². The van der Waals surface area contributed by atoms with Gasteiger partial charge in [0.15, 0.2) is 0 Å². The van der Waals surface area contributed by atoms with Gasteiger partial charge >= 0.3 is 0 Å². The highest BCUT2D eigenvalue weighted by molar-refractivity contribution is 9.10. The molecule has 5 heteroatoms. The van der Waals surface area contributed by atoms with Crippen molar-refractivity contribution in [2.45, 2.75) is 6.92 Å². The van der Waals surface area contributed by atoms with E-state index in [2.05, 4.69) is 55.6 Å². The Labute approximate surface area is 137 Å². The van der Waals surface area contributed by atoms with Crippen molar-refractivity contribution in [3.63, 3.8) is 0 Å². The van der Waals surface area contributed by atoms with Crippen molar-refractivity contribution in [3.8, 4) is 0 Å². The molecule has 0 spiro atoms. The molecule has 0 amide bonds. The van der Waals surface area contributed by atoms with Gasteiger partial charge in [0.25, 0.3) is 0 Å². The number of rotatable bonds is 4. The van der Waals surface area contributed by atoms with Crippen LogP contribution < -0.4 is 10.6 Å². The zero-order chi connectivity index (χ0) is 15.4. The van der Waals surface area contributed by atoms with E-state index in [9.17, 15) is 0 Å². The smallest absolute Gasteiger partial charge is 0.135 e. The Hall–Kier alpha value is -2.40. The van der Waals surface area contributed by atoms with Gasteiger partial charge in [-0.15, -0.1) is 0 Å². The minimum Gasteiger partial charge on any atom is -0.340 e. The van der Waals surface area contributed by atoms with E-state index in [1.165, 1.54) is 11.9 Å². The van der Waals surface area contributed by atoms with Gasteiger partial charge in [0, 0.05) is 16.2 Å². The van der Waals surface area contributed by atoms with Gasteiger partial charge in [-0.05, 0) is 52.7 Å². The summed E-state index contributed by atoms with van der Waals surface area (Å²) in [5, 5.41) is 6.54. The Morgan fingerprint density at radius 1 is 0.864 bits per heavy atom. The Bertz CT molecular complexity index is 775. The highest BCUT2D eigenvalue weighted by Gasteiger charge is 2.03. The highest BCUT2D eigenvalue weighted by atomic mass is 79.9. The number of anilines is 4. The van der Waals surface area contributed by atoms with Crippen LogP contribution in [0.3, 0.4) is 0 Å². The van der Waals surface area contributed by atoms with Crippen LogP contribution in [0.4, 0.5) is 23.0 Å². The third kappa shape index (κ3) is 3.62. The lowest BCUT2D eigenvalue weighted by atomic mass is 10.2. The fourth-order valence-electron chi connectivity index (χ4n) is 2.02. The van der Waals surface area contributed by atoms with Gasteiger partial charge < -0.3 is 10.6 Å². The Morgan fingerprint density at radius 2 is 1.59 bits per heavy atom. The topological polar surface area (TPSA) is 49.8 Å². The van der Waals surface area contributed by atoms with Crippen molar-refractivity contribution in [3.05, 3.63) is 71.0 Å². The average molecular weight is 355 g/mol. The van der Waals surface area contributed by atoms with Crippen molar-refractivity contribution in [2.75, 3.05) is 10.6 Å². The van der Waals surface area contributed by atoms with Crippen LogP contribution in [0.1, 0.15) is 5.56 Å². The summed E-state index contributed by atoms with van der Waals surface area (Å²) in [6, 6.07) is 17.9. The molecule has 1 heterocycles. The Balaban J connectivity index is 1.79. The zero-order valence-corrected chi connectivity index (χ0v) is 13.6. The van der Waals surface area contributed by atoms with E-state index in [1.807, 2.05) is 42.5 Å². The molecule has 0 aliphatic carbocycles. The van der Waals surface area contributed by atoms with Gasteiger partial charge in [-0.1, -0.05) is 24.3 Å². The van der Waals surface area contributed by atoms with Gasteiger partial charge in [-0.25, -0.2) is 9.97 Å². The largest absolute Gasteiger partial charge is 0.340 e. The van der Waals surface area contributed by atoms with Crippen molar-refractivity contribution >= 4 is 38.9 Å². The van der Waals surface area contributed by atoms with Gasteiger partial charge in [-0.3, -0.25) is 0 Å². The minimum absolute atomic E-state index is 0.734. The van der Waals surface area contributed by atoms with E-state index >= 15 is 0 Å². The van der Waals surface area contributed by atoms with Crippen LogP contribution in [0.25, 0.3) is 0 Å². The first-order valence-corrected chi connectivity index (χ1v) is 7.67. The van der Waals surface area contributed by atoms with Gasteiger partial charge in [0.2, 0.25) is 0 Å². The van der Waals surface area contributed by atoms with Crippen LogP contribution in [-0.2, 0) is 0 Å². The van der Waals surface area contributed by atoms with E-state index in [4.69, 9.17) is 0 Å². The molecular weight excluding hydrogens is 340 g/mol. The molecule has 1 aromatic heterocycles. The number of nitrogens with zero attached hydrogens (tertiary/aromatic N) is 2. The fraction of sp³-hybridized carbons (Fsp3) is 0.0588. The van der Waals surface area contributed by atoms with Crippen LogP contribution in [0.5, 0.6) is 0 Å². The number of hydrogen-bond donors (Lipinski definition) is 2. The molecule has 2 N–H and O–H groups in total. The number of hydrogen-bond acceptors (Lipinski definition) is 4. The monoisotopic (exact) mass is 354 g/mol. The summed E-state index contributed by atoms with van der Waals surface area (Å²) in [4.78, 5) is 8.50. The molecule has 0 aliphatic rings. The second kappa shape index (κ2) is 6.58. The van der Waals surface area contributed by atoms with E-state index in [0.29, 0.717) is 0 Å². The second-order valence-corrected chi connectivity index (χ2v) is 5.74. The predicted octanol–water partition coefficient (Wildman–Crippen LogP) is 5.03. The first-order valence-electron chi connectivity index (χ1n) is 6.88. The maximum Gasteiger partial charge on any atom is 0.135 e. The SMILES string of the molecule is Cc1ccc(Nc2cc(Nc3ccccc3)ncn2)c(Br)c1. The third-order valence-corrected chi connectivity index (χ3v) is 3.76. The molecule has 22 heavy (non-hydrogen) atoms. The summed E-state index contributed by atoms with van der Waals surface area (Å²) < 4.78 is 1.00. The average Bonchev–Trinajstić information content (AvgIpc) is 2.52. The number of benzene rings is 2. The summed E-state index contributed by atoms with van der Waals surface area (Å²) in [5.41, 5.74) is 3.16. The standard InChI is InChI=1S/C17H15BrN4/c1-12-7-8-15(14(18)9-12)22-17-10-16(19-11-20-17)21-13-5-3-2-4-6-13/h2-11H,1H3,(H2,19,20,21,22). The lowest BCUT2D eigenvalue weighted by molar-refractivity contribution is 1.17. The molecule has 2 aromatic carbocycles. The summed E-state index contributed by atoms with van der Waals surface area (Å²) in [7, 11) is 0. The van der Waals surface area contributed by atoms with Gasteiger partial charge in [-0.2, -0.15) is 0 Å². The van der Waals surface area contributed by atoms with E-state index in [0.717, 1.165) is 27.5 Å². The molecule has 0 bridgehead atoms. The van der Waals surface area contributed by atoms with Crippen molar-refractivity contribution < 1.29 is 0 Å². The van der Waals surface area contributed by atoms with Crippen molar-refractivity contribution in [1.29, 1.82) is 0 Å². The first kappa shape index (κ1) is 14.5. The molecule has 0 fully saturated rings. The van der Waals surface area contributed by atoms with Crippen LogP contribution in [0.2, 0.25) is 0 Å². The van der Waals surface area contributed by atoms with Crippen LogP contribution >= 0.6 is 15.9 Å². The number of aryl methyl sites for hydroxylation is 1. The lowest BCUT2D eigenvalue weighted by Gasteiger charge is -2.10. The summed E-state index contributed by atoms with van der Waals surface area (Å²) in [6.45, 7) is 2.06. The number of para-hydroxylation sites is 1. The van der Waals surface area contributed by atoms with E-state index in [1.54, 1.807) is 0 Å². The Morgan fingerprint density at radius 3 is 2.32 bits per heavy atom. The predicted molar refractivity (Wildman–Crippen MR) is 93.9 cm³/mol. The fourth-order valence-corrected chi connectivity index (χ4v) is 2.62. The third-order valence-electron chi connectivity index (χ3n) is 3.10. The molecule has 3 rings (SSSR count). The quantitative estimate of drug-likeness (QED) is 0.689. The number of nitrogens with one attached hydrogen (secondary N) is 2. The molecule has 0 radical (unpaired) electrons. The zero-order valence-electron chi connectivity index (χ0n) is 12.0. The number of aromatic nitrogens is 2. The maximum absolute atomic E-state index is 4.26. The van der Waals surface area contributed by atoms with Crippen LogP contribution in [0, 0.1) is 6.92 Å². The van der Waals surface area contributed by atoms with Gasteiger partial charge in [0.05, 0.1) is 5.69 Å². The van der Waals surface area contributed by atoms with Crippen molar-refractivity contribution in [1.82, 2.24) is 9.97 Å². The molecule has 4 nitrogen and oxygen atoms in total. The molecular formula is C17H15BrN4. The molecule has 0 unspecified atom stereocenters. The summed E-state index contributed by atoms with van der Waals surface area (Å²) in [5.74, 6) is 1.48.